The van der Waals surface area contributed by atoms with Crippen LogP contribution in [-0.4, -0.2) is 43.6 Å². The highest BCUT2D eigenvalue weighted by atomic mass is 32.2. The fourth-order valence-electron chi connectivity index (χ4n) is 2.17. The number of rotatable bonds is 4. The van der Waals surface area contributed by atoms with Crippen molar-refractivity contribution in [3.05, 3.63) is 0 Å². The molecule has 1 heterocycles. The Morgan fingerprint density at radius 1 is 1.29 bits per heavy atom. The van der Waals surface area contributed by atoms with Gasteiger partial charge in [0.2, 0.25) is 0 Å². The maximum absolute atomic E-state index is 11.6. The Hall–Kier alpha value is -1.31. The largest absolute Gasteiger partial charge is 0.548 e. The zero-order chi connectivity index (χ0) is 16.3. The van der Waals surface area contributed by atoms with Crippen molar-refractivity contribution in [1.82, 2.24) is 5.32 Å². The molecule has 1 fully saturated rings. The van der Waals surface area contributed by atoms with Crippen molar-refractivity contribution >= 4 is 21.9 Å². The number of aliphatic carboxylic acids is 1. The van der Waals surface area contributed by atoms with Crippen LogP contribution in [0.25, 0.3) is 0 Å². The molecule has 0 bridgehead atoms. The van der Waals surface area contributed by atoms with Gasteiger partial charge in [-0.15, -0.1) is 0 Å². The third-order valence-electron chi connectivity index (χ3n) is 3.22. The fourth-order valence-corrected chi connectivity index (χ4v) is 3.76. The zero-order valence-electron chi connectivity index (χ0n) is 12.5. The first-order valence-corrected chi connectivity index (χ1v) is 8.71. The smallest absolute Gasteiger partial charge is 0.408 e. The Morgan fingerprint density at radius 2 is 1.81 bits per heavy atom. The number of amides is 1. The van der Waals surface area contributed by atoms with E-state index < -0.39 is 33.5 Å². The van der Waals surface area contributed by atoms with Crippen molar-refractivity contribution in [2.24, 2.45) is 5.92 Å². The summed E-state index contributed by atoms with van der Waals surface area (Å²) < 4.78 is 27.7. The van der Waals surface area contributed by atoms with Crippen LogP contribution < -0.4 is 10.4 Å². The Morgan fingerprint density at radius 3 is 2.24 bits per heavy atom. The monoisotopic (exact) mass is 320 g/mol. The van der Waals surface area contributed by atoms with Gasteiger partial charge in [0.05, 0.1) is 23.5 Å². The zero-order valence-corrected chi connectivity index (χ0v) is 13.4. The highest BCUT2D eigenvalue weighted by Gasteiger charge is 2.28. The minimum Gasteiger partial charge on any atom is -0.548 e. The normalized spacial score (nSPS) is 20.5. The molecule has 0 aromatic rings. The van der Waals surface area contributed by atoms with Gasteiger partial charge in [0, 0.05) is 0 Å². The van der Waals surface area contributed by atoms with Crippen LogP contribution in [0.2, 0.25) is 0 Å². The van der Waals surface area contributed by atoms with Crippen LogP contribution in [0, 0.1) is 5.92 Å². The average Bonchev–Trinajstić information content (AvgIpc) is 2.28. The Kier molecular flexibility index (Phi) is 5.61. The van der Waals surface area contributed by atoms with E-state index in [1.165, 1.54) is 0 Å². The molecule has 1 atom stereocenters. The molecule has 0 aliphatic carbocycles. The van der Waals surface area contributed by atoms with E-state index >= 15 is 0 Å². The lowest BCUT2D eigenvalue weighted by molar-refractivity contribution is -0.308. The minimum absolute atomic E-state index is 0.0594. The molecule has 1 amide bonds. The summed E-state index contributed by atoms with van der Waals surface area (Å²) >= 11 is 0. The average molecular weight is 320 g/mol. The van der Waals surface area contributed by atoms with Crippen LogP contribution in [0.1, 0.15) is 40.0 Å². The summed E-state index contributed by atoms with van der Waals surface area (Å²) in [4.78, 5) is 22.7. The third kappa shape index (κ3) is 6.79. The lowest BCUT2D eigenvalue weighted by Gasteiger charge is -2.28. The number of hydrogen-bond donors (Lipinski definition) is 1. The molecular weight excluding hydrogens is 298 g/mol. The summed E-state index contributed by atoms with van der Waals surface area (Å²) in [5.41, 5.74) is -0.723. The van der Waals surface area contributed by atoms with Crippen molar-refractivity contribution < 1.29 is 27.9 Å². The molecule has 0 radical (unpaired) electrons. The molecule has 122 valence electrons. The van der Waals surface area contributed by atoms with Crippen LogP contribution in [0.15, 0.2) is 0 Å². The standard InChI is InChI=1S/C13H23NO6S/c1-13(2,3)20-12(17)14-10(11(15)16)8-9-4-6-21(18,19)7-5-9/h9-10H,4-8H2,1-3H3,(H,14,17)(H,15,16)/p-1/t10-/m0/s1. The van der Waals surface area contributed by atoms with E-state index in [-0.39, 0.29) is 23.8 Å². The maximum atomic E-state index is 11.6. The first-order chi connectivity index (χ1) is 9.48. The molecule has 8 heteroatoms. The van der Waals surface area contributed by atoms with E-state index in [1.54, 1.807) is 20.8 Å². The second-order valence-electron chi connectivity index (χ2n) is 6.35. The molecule has 0 spiro atoms. The van der Waals surface area contributed by atoms with Gasteiger partial charge in [0.15, 0.2) is 0 Å². The first-order valence-electron chi connectivity index (χ1n) is 6.89. The summed E-state index contributed by atoms with van der Waals surface area (Å²) in [6.45, 7) is 5.02. The fraction of sp³-hybridized carbons (Fsp3) is 0.846. The highest BCUT2D eigenvalue weighted by Crippen LogP contribution is 2.23. The number of carbonyl (C=O) groups is 2. The van der Waals surface area contributed by atoms with Gasteiger partial charge < -0.3 is 20.0 Å². The molecule has 1 rings (SSSR count). The molecular formula is C13H22NO6S-. The maximum Gasteiger partial charge on any atom is 0.408 e. The van der Waals surface area contributed by atoms with Crippen LogP contribution in [0.5, 0.6) is 0 Å². The van der Waals surface area contributed by atoms with Crippen molar-refractivity contribution in [2.45, 2.75) is 51.7 Å². The van der Waals surface area contributed by atoms with E-state index in [0.717, 1.165) is 0 Å². The van der Waals surface area contributed by atoms with Gasteiger partial charge in [0.25, 0.3) is 0 Å². The van der Waals surface area contributed by atoms with Gasteiger partial charge in [-0.05, 0) is 46.0 Å². The second-order valence-corrected chi connectivity index (χ2v) is 8.65. The van der Waals surface area contributed by atoms with Gasteiger partial charge in [-0.25, -0.2) is 13.2 Å². The van der Waals surface area contributed by atoms with Crippen molar-refractivity contribution in [1.29, 1.82) is 0 Å². The van der Waals surface area contributed by atoms with Crippen molar-refractivity contribution in [2.75, 3.05) is 11.5 Å². The Bertz CT molecular complexity index is 479. The molecule has 0 unspecified atom stereocenters. The molecule has 7 nitrogen and oxygen atoms in total. The van der Waals surface area contributed by atoms with Gasteiger partial charge in [0.1, 0.15) is 15.4 Å². The van der Waals surface area contributed by atoms with Crippen LogP contribution >= 0.6 is 0 Å². The van der Waals surface area contributed by atoms with E-state index in [1.807, 2.05) is 0 Å². The number of hydrogen-bond acceptors (Lipinski definition) is 6. The summed E-state index contributed by atoms with van der Waals surface area (Å²) in [5, 5.41) is 13.4. The van der Waals surface area contributed by atoms with Gasteiger partial charge in [-0.3, -0.25) is 0 Å². The van der Waals surface area contributed by atoms with Gasteiger partial charge >= 0.3 is 6.09 Å². The molecule has 0 saturated carbocycles. The van der Waals surface area contributed by atoms with Gasteiger partial charge in [-0.2, -0.15) is 0 Å². The summed E-state index contributed by atoms with van der Waals surface area (Å²) in [5.74, 6) is -1.34. The molecule has 1 aliphatic heterocycles. The lowest BCUT2D eigenvalue weighted by Crippen LogP contribution is -2.50. The highest BCUT2D eigenvalue weighted by molar-refractivity contribution is 7.91. The predicted molar refractivity (Wildman–Crippen MR) is 74.2 cm³/mol. The predicted octanol–water partition coefficient (Wildman–Crippen LogP) is -0.155. The first kappa shape index (κ1) is 17.7. The number of carbonyl (C=O) groups excluding carboxylic acids is 2. The molecule has 1 aliphatic rings. The molecule has 0 aromatic heterocycles. The molecule has 21 heavy (non-hydrogen) atoms. The van der Waals surface area contributed by atoms with E-state index in [9.17, 15) is 23.1 Å². The molecule has 0 aromatic carbocycles. The quantitative estimate of drug-likeness (QED) is 0.770. The number of sulfone groups is 1. The second kappa shape index (κ2) is 6.64. The van der Waals surface area contributed by atoms with Crippen molar-refractivity contribution in [3.8, 4) is 0 Å². The number of carboxylic acids is 1. The SMILES string of the molecule is CC(C)(C)OC(=O)N[C@@H](CC1CCS(=O)(=O)CC1)C(=O)[O-]. The lowest BCUT2D eigenvalue weighted by atomic mass is 9.94. The number of carboxylic acid groups (broad SMARTS) is 1. The van der Waals surface area contributed by atoms with Crippen molar-refractivity contribution in [3.63, 3.8) is 0 Å². The van der Waals surface area contributed by atoms with Crippen LogP contribution in [-0.2, 0) is 19.4 Å². The minimum atomic E-state index is -2.99. The molecule has 1 N–H and O–H groups in total. The summed E-state index contributed by atoms with van der Waals surface area (Å²) in [7, 11) is -2.99. The van der Waals surface area contributed by atoms with E-state index in [2.05, 4.69) is 5.32 Å². The van der Waals surface area contributed by atoms with E-state index in [0.29, 0.717) is 12.8 Å². The third-order valence-corrected chi connectivity index (χ3v) is 4.93. The Labute approximate surface area is 125 Å². The number of nitrogens with one attached hydrogen (secondary N) is 1. The topological polar surface area (TPSA) is 113 Å². The van der Waals surface area contributed by atoms with Gasteiger partial charge in [-0.1, -0.05) is 0 Å². The summed E-state index contributed by atoms with van der Waals surface area (Å²) in [6.07, 6.45) is 0.140. The summed E-state index contributed by atoms with van der Waals surface area (Å²) in [6, 6.07) is -1.18. The van der Waals surface area contributed by atoms with E-state index in [4.69, 9.17) is 4.74 Å². The van der Waals surface area contributed by atoms with Crippen LogP contribution in [0.4, 0.5) is 4.79 Å². The van der Waals surface area contributed by atoms with Crippen LogP contribution in [0.3, 0.4) is 0 Å². The molecule has 1 saturated heterocycles. The number of ether oxygens (including phenoxy) is 1. The Balaban J connectivity index is 2.55. The number of alkyl carbamates (subject to hydrolysis) is 1.